The average Bonchev–Trinajstić information content (AvgIpc) is 2.52. The van der Waals surface area contributed by atoms with Crippen LogP contribution >= 0.6 is 24.0 Å². The van der Waals surface area contributed by atoms with Crippen molar-refractivity contribution < 1.29 is 14.4 Å². The van der Waals surface area contributed by atoms with Gasteiger partial charge in [0.2, 0.25) is 11.8 Å². The minimum atomic E-state index is -0.669. The first-order valence-corrected chi connectivity index (χ1v) is 7.85. The van der Waals surface area contributed by atoms with Gasteiger partial charge in [-0.3, -0.25) is 14.4 Å². The van der Waals surface area contributed by atoms with Crippen LogP contribution in [0.4, 0.5) is 5.69 Å². The maximum absolute atomic E-state index is 12.0. The van der Waals surface area contributed by atoms with Crippen molar-refractivity contribution in [3.63, 3.8) is 0 Å². The number of hydrogen-bond donors (Lipinski definition) is 3. The Bertz CT molecular complexity index is 636. The summed E-state index contributed by atoms with van der Waals surface area (Å²) in [4.78, 5) is 37.0. The largest absolute Gasteiger partial charge is 0.346 e. The second-order valence-corrected chi connectivity index (χ2v) is 6.34. The van der Waals surface area contributed by atoms with E-state index < -0.39 is 11.9 Å². The fourth-order valence-corrected chi connectivity index (χ4v) is 2.00. The van der Waals surface area contributed by atoms with Crippen LogP contribution in [0.3, 0.4) is 0 Å². The molecule has 0 aliphatic carbocycles. The highest BCUT2D eigenvalue weighted by atomic mass is 35.5. The summed E-state index contributed by atoms with van der Waals surface area (Å²) in [6, 6.07) is 3.93. The van der Waals surface area contributed by atoms with Gasteiger partial charge >= 0.3 is 0 Å². The van der Waals surface area contributed by atoms with Gasteiger partial charge in [0, 0.05) is 19.8 Å². The molecule has 0 saturated heterocycles. The number of carbonyl (C=O) groups excluding carboxylic acids is 3. The predicted octanol–water partition coefficient (Wildman–Crippen LogP) is 1.50. The maximum Gasteiger partial charge on any atom is 0.254 e. The second-order valence-electron chi connectivity index (χ2n) is 5.93. The topological polar surface area (TPSA) is 105 Å². The second kappa shape index (κ2) is 10.2. The minimum absolute atomic E-state index is 0. The van der Waals surface area contributed by atoms with Gasteiger partial charge in [0.15, 0.2) is 0 Å². The summed E-state index contributed by atoms with van der Waals surface area (Å²) in [5.41, 5.74) is 6.39. The zero-order valence-electron chi connectivity index (χ0n) is 14.6. The molecule has 0 aliphatic heterocycles. The van der Waals surface area contributed by atoms with Crippen molar-refractivity contribution >= 4 is 47.4 Å². The Labute approximate surface area is 158 Å². The van der Waals surface area contributed by atoms with Gasteiger partial charge in [0.1, 0.15) is 0 Å². The standard InChI is InChI=1S/C16H23ClN4O3.ClH/c1-9(2)14(18)15(23)19-8-13(22)20-10-5-6-12(17)11(7-10)16(24)21(3)4;/h5-7,9,14H,8,18H2,1-4H3,(H,19,23)(H,20,22);1H/t14-;/m0./s1. The fourth-order valence-electron chi connectivity index (χ4n) is 1.80. The third kappa shape index (κ3) is 6.89. The predicted molar refractivity (Wildman–Crippen MR) is 101 cm³/mol. The summed E-state index contributed by atoms with van der Waals surface area (Å²) in [7, 11) is 3.22. The Morgan fingerprint density at radius 3 is 2.36 bits per heavy atom. The monoisotopic (exact) mass is 390 g/mol. The molecule has 1 atom stereocenters. The van der Waals surface area contributed by atoms with Crippen LogP contribution in [0.1, 0.15) is 24.2 Å². The van der Waals surface area contributed by atoms with Crippen molar-refractivity contribution in [2.45, 2.75) is 19.9 Å². The van der Waals surface area contributed by atoms with Crippen LogP contribution in [0.2, 0.25) is 5.02 Å². The smallest absolute Gasteiger partial charge is 0.254 e. The highest BCUT2D eigenvalue weighted by Crippen LogP contribution is 2.21. The van der Waals surface area contributed by atoms with Crippen molar-refractivity contribution in [2.24, 2.45) is 11.7 Å². The van der Waals surface area contributed by atoms with Gasteiger partial charge in [-0.05, 0) is 24.1 Å². The van der Waals surface area contributed by atoms with Gasteiger partial charge in [0.05, 0.1) is 23.2 Å². The Morgan fingerprint density at radius 2 is 1.84 bits per heavy atom. The molecule has 0 aliphatic rings. The van der Waals surface area contributed by atoms with Crippen molar-refractivity contribution in [1.29, 1.82) is 0 Å². The molecule has 4 N–H and O–H groups in total. The van der Waals surface area contributed by atoms with Crippen LogP contribution in [-0.2, 0) is 9.59 Å². The first kappa shape index (κ1) is 23.2. The number of hydrogen-bond acceptors (Lipinski definition) is 4. The first-order chi connectivity index (χ1) is 11.1. The van der Waals surface area contributed by atoms with Gasteiger partial charge in [-0.2, -0.15) is 0 Å². The number of rotatable bonds is 6. The Hall–Kier alpha value is -1.83. The van der Waals surface area contributed by atoms with Crippen molar-refractivity contribution in [3.05, 3.63) is 28.8 Å². The Kier molecular flexibility index (Phi) is 9.48. The van der Waals surface area contributed by atoms with Crippen LogP contribution in [0.5, 0.6) is 0 Å². The van der Waals surface area contributed by atoms with Gasteiger partial charge < -0.3 is 21.3 Å². The number of anilines is 1. The highest BCUT2D eigenvalue weighted by molar-refractivity contribution is 6.34. The molecule has 3 amide bonds. The zero-order valence-corrected chi connectivity index (χ0v) is 16.2. The molecule has 0 bridgehead atoms. The van der Waals surface area contributed by atoms with E-state index in [1.807, 2.05) is 13.8 Å². The van der Waals surface area contributed by atoms with E-state index in [1.165, 1.54) is 17.0 Å². The fraction of sp³-hybridized carbons (Fsp3) is 0.438. The lowest BCUT2D eigenvalue weighted by atomic mass is 10.1. The first-order valence-electron chi connectivity index (χ1n) is 7.47. The third-order valence-electron chi connectivity index (χ3n) is 3.33. The summed E-state index contributed by atoms with van der Waals surface area (Å²) in [5.74, 6) is -1.11. The molecule has 0 spiro atoms. The van der Waals surface area contributed by atoms with E-state index in [4.69, 9.17) is 17.3 Å². The number of carbonyl (C=O) groups is 3. The van der Waals surface area contributed by atoms with Gasteiger partial charge in [-0.1, -0.05) is 25.4 Å². The number of nitrogens with zero attached hydrogens (tertiary/aromatic N) is 1. The van der Waals surface area contributed by atoms with Crippen molar-refractivity contribution in [2.75, 3.05) is 26.0 Å². The number of nitrogens with two attached hydrogens (primary N) is 1. The molecule has 1 aromatic rings. The summed E-state index contributed by atoms with van der Waals surface area (Å²) < 4.78 is 0. The molecule has 140 valence electrons. The molecule has 0 radical (unpaired) electrons. The molecule has 0 fully saturated rings. The minimum Gasteiger partial charge on any atom is -0.346 e. The molecule has 0 heterocycles. The van der Waals surface area contributed by atoms with E-state index >= 15 is 0 Å². The van der Waals surface area contributed by atoms with Gasteiger partial charge in [-0.25, -0.2) is 0 Å². The van der Waals surface area contributed by atoms with E-state index in [2.05, 4.69) is 10.6 Å². The van der Waals surface area contributed by atoms with Crippen LogP contribution in [0, 0.1) is 5.92 Å². The van der Waals surface area contributed by atoms with Crippen molar-refractivity contribution in [1.82, 2.24) is 10.2 Å². The molecule has 1 rings (SSSR count). The number of halogens is 2. The lowest BCUT2D eigenvalue weighted by Crippen LogP contribution is -2.46. The Balaban J connectivity index is 0.00000576. The maximum atomic E-state index is 12.0. The number of nitrogens with one attached hydrogen (secondary N) is 2. The summed E-state index contributed by atoms with van der Waals surface area (Å²) in [5, 5.41) is 5.37. The molecule has 25 heavy (non-hydrogen) atoms. The summed E-state index contributed by atoms with van der Waals surface area (Å²) >= 11 is 6.01. The number of benzene rings is 1. The quantitative estimate of drug-likeness (QED) is 0.684. The summed E-state index contributed by atoms with van der Waals surface area (Å²) in [6.45, 7) is 3.43. The molecular weight excluding hydrogens is 367 g/mol. The lowest BCUT2D eigenvalue weighted by molar-refractivity contribution is -0.125. The summed E-state index contributed by atoms with van der Waals surface area (Å²) in [6.07, 6.45) is 0. The molecule has 0 saturated carbocycles. The molecule has 1 aromatic carbocycles. The lowest BCUT2D eigenvalue weighted by Gasteiger charge is -2.15. The van der Waals surface area contributed by atoms with Crippen LogP contribution in [0.15, 0.2) is 18.2 Å². The molecular formula is C16H24Cl2N4O3. The zero-order chi connectivity index (χ0) is 18.4. The average molecular weight is 391 g/mol. The van der Waals surface area contributed by atoms with Crippen LogP contribution in [0.25, 0.3) is 0 Å². The van der Waals surface area contributed by atoms with E-state index in [9.17, 15) is 14.4 Å². The van der Waals surface area contributed by atoms with Crippen LogP contribution in [-0.4, -0.2) is 49.3 Å². The molecule has 0 aromatic heterocycles. The van der Waals surface area contributed by atoms with Gasteiger partial charge in [-0.15, -0.1) is 12.4 Å². The molecule has 7 nitrogen and oxygen atoms in total. The third-order valence-corrected chi connectivity index (χ3v) is 3.66. The van der Waals surface area contributed by atoms with Crippen LogP contribution < -0.4 is 16.4 Å². The van der Waals surface area contributed by atoms with E-state index in [0.29, 0.717) is 10.7 Å². The normalized spacial score (nSPS) is 11.3. The molecule has 0 unspecified atom stereocenters. The Morgan fingerprint density at radius 1 is 1.24 bits per heavy atom. The SMILES string of the molecule is CC(C)[C@H](N)C(=O)NCC(=O)Nc1ccc(Cl)c(C(=O)N(C)C)c1.Cl. The van der Waals surface area contributed by atoms with E-state index in [-0.39, 0.29) is 42.2 Å². The van der Waals surface area contributed by atoms with E-state index in [0.717, 1.165) is 0 Å². The molecule has 9 heteroatoms. The highest BCUT2D eigenvalue weighted by Gasteiger charge is 2.18. The number of amides is 3. The van der Waals surface area contributed by atoms with E-state index in [1.54, 1.807) is 20.2 Å². The van der Waals surface area contributed by atoms with Gasteiger partial charge in [0.25, 0.3) is 5.91 Å². The van der Waals surface area contributed by atoms with Crippen molar-refractivity contribution in [3.8, 4) is 0 Å².